The fourth-order valence-electron chi connectivity index (χ4n) is 2.00. The zero-order chi connectivity index (χ0) is 13.8. The van der Waals surface area contributed by atoms with Gasteiger partial charge in [0.1, 0.15) is 0 Å². The lowest BCUT2D eigenvalue weighted by molar-refractivity contribution is 1.18. The molecule has 0 unspecified atom stereocenters. The fraction of sp³-hybridized carbons (Fsp3) is 0.0625. The fourth-order valence-corrected chi connectivity index (χ4v) is 2.00. The highest BCUT2D eigenvalue weighted by molar-refractivity contribution is 5.91. The third-order valence-corrected chi connectivity index (χ3v) is 2.94. The molecule has 0 atom stereocenters. The average Bonchev–Trinajstić information content (AvgIpc) is 2.48. The summed E-state index contributed by atoms with van der Waals surface area (Å²) >= 11 is 0. The summed E-state index contributed by atoms with van der Waals surface area (Å²) in [5.41, 5.74) is 6.73. The molecule has 98 valence electrons. The van der Waals surface area contributed by atoms with Crippen molar-refractivity contribution in [2.75, 3.05) is 5.43 Å². The van der Waals surface area contributed by atoms with Gasteiger partial charge in [-0.25, -0.2) is 0 Å². The van der Waals surface area contributed by atoms with E-state index in [-0.39, 0.29) is 0 Å². The van der Waals surface area contributed by atoms with Crippen LogP contribution in [0.2, 0.25) is 0 Å². The van der Waals surface area contributed by atoms with Crippen molar-refractivity contribution in [1.29, 1.82) is 0 Å². The molecular weight excluding hydrogens is 248 g/mol. The second-order valence-electron chi connectivity index (χ2n) is 4.45. The highest BCUT2D eigenvalue weighted by Crippen LogP contribution is 2.20. The number of aryl methyl sites for hydroxylation is 1. The molecule has 0 saturated carbocycles. The first kappa shape index (κ1) is 12.3. The van der Waals surface area contributed by atoms with Gasteiger partial charge in [-0.2, -0.15) is 5.10 Å². The van der Waals surface area contributed by atoms with Gasteiger partial charge >= 0.3 is 0 Å². The molecule has 3 aromatic rings. The van der Waals surface area contributed by atoms with Crippen LogP contribution in [0.4, 0.5) is 5.69 Å². The van der Waals surface area contributed by atoms with Crippen LogP contribution in [-0.4, -0.2) is 16.2 Å². The molecule has 1 N–H and O–H groups in total. The van der Waals surface area contributed by atoms with Crippen molar-refractivity contribution in [3.63, 3.8) is 0 Å². The summed E-state index contributed by atoms with van der Waals surface area (Å²) in [6.45, 7) is 1.96. The SMILES string of the molecule is Cc1cccc(C=NNc2ccnc3ccccc23)n1. The number of fused-ring (bicyclic) bond motifs is 1. The summed E-state index contributed by atoms with van der Waals surface area (Å²) in [5.74, 6) is 0. The van der Waals surface area contributed by atoms with E-state index in [2.05, 4.69) is 20.5 Å². The Bertz CT molecular complexity index is 760. The molecule has 4 nitrogen and oxygen atoms in total. The van der Waals surface area contributed by atoms with Gasteiger partial charge in [-0.15, -0.1) is 0 Å². The van der Waals surface area contributed by atoms with E-state index in [0.717, 1.165) is 28.0 Å². The van der Waals surface area contributed by atoms with Gasteiger partial charge in [0.25, 0.3) is 0 Å². The lowest BCUT2D eigenvalue weighted by atomic mass is 10.2. The smallest absolute Gasteiger partial charge is 0.0833 e. The van der Waals surface area contributed by atoms with Crippen molar-refractivity contribution in [1.82, 2.24) is 9.97 Å². The van der Waals surface area contributed by atoms with E-state index < -0.39 is 0 Å². The van der Waals surface area contributed by atoms with Gasteiger partial charge in [0.15, 0.2) is 0 Å². The molecule has 0 aliphatic carbocycles. The molecule has 0 fully saturated rings. The van der Waals surface area contributed by atoms with Crippen molar-refractivity contribution >= 4 is 22.8 Å². The van der Waals surface area contributed by atoms with Crippen molar-refractivity contribution < 1.29 is 0 Å². The van der Waals surface area contributed by atoms with Crippen LogP contribution in [0.5, 0.6) is 0 Å². The topological polar surface area (TPSA) is 50.2 Å². The number of hydrogen-bond acceptors (Lipinski definition) is 4. The Balaban J connectivity index is 1.84. The van der Waals surface area contributed by atoms with Crippen molar-refractivity contribution in [3.8, 4) is 0 Å². The monoisotopic (exact) mass is 262 g/mol. The van der Waals surface area contributed by atoms with Gasteiger partial charge in [-0.1, -0.05) is 24.3 Å². The molecule has 3 rings (SSSR count). The third-order valence-electron chi connectivity index (χ3n) is 2.94. The Morgan fingerprint density at radius 3 is 2.85 bits per heavy atom. The van der Waals surface area contributed by atoms with Gasteiger partial charge in [-0.3, -0.25) is 15.4 Å². The van der Waals surface area contributed by atoms with Gasteiger partial charge in [0.2, 0.25) is 0 Å². The number of rotatable bonds is 3. The maximum Gasteiger partial charge on any atom is 0.0833 e. The second kappa shape index (κ2) is 5.48. The minimum Gasteiger partial charge on any atom is -0.278 e. The van der Waals surface area contributed by atoms with Crippen LogP contribution >= 0.6 is 0 Å². The van der Waals surface area contributed by atoms with Gasteiger partial charge in [-0.05, 0) is 31.2 Å². The largest absolute Gasteiger partial charge is 0.278 e. The first-order valence-electron chi connectivity index (χ1n) is 6.39. The number of aromatic nitrogens is 2. The molecular formula is C16H14N4. The first-order valence-corrected chi connectivity index (χ1v) is 6.39. The minimum absolute atomic E-state index is 0.830. The normalized spacial score (nSPS) is 11.1. The molecule has 0 radical (unpaired) electrons. The molecule has 2 heterocycles. The van der Waals surface area contributed by atoms with Crippen LogP contribution in [-0.2, 0) is 0 Å². The van der Waals surface area contributed by atoms with E-state index in [1.165, 1.54) is 0 Å². The van der Waals surface area contributed by atoms with E-state index in [0.29, 0.717) is 0 Å². The van der Waals surface area contributed by atoms with Crippen LogP contribution in [0.1, 0.15) is 11.4 Å². The summed E-state index contributed by atoms with van der Waals surface area (Å²) in [5, 5.41) is 5.28. The number of hydrazone groups is 1. The van der Waals surface area contributed by atoms with Crippen LogP contribution in [0, 0.1) is 6.92 Å². The molecule has 1 aromatic carbocycles. The van der Waals surface area contributed by atoms with Gasteiger partial charge in [0, 0.05) is 17.3 Å². The third kappa shape index (κ3) is 2.64. The lowest BCUT2D eigenvalue weighted by Crippen LogP contribution is -1.95. The maximum atomic E-state index is 4.37. The number of hydrogen-bond donors (Lipinski definition) is 1. The Kier molecular flexibility index (Phi) is 3.37. The van der Waals surface area contributed by atoms with E-state index in [9.17, 15) is 0 Å². The summed E-state index contributed by atoms with van der Waals surface area (Å²) in [6.07, 6.45) is 3.48. The zero-order valence-corrected chi connectivity index (χ0v) is 11.1. The number of pyridine rings is 2. The molecule has 4 heteroatoms. The van der Waals surface area contributed by atoms with Crippen molar-refractivity contribution in [2.24, 2.45) is 5.10 Å². The maximum absolute atomic E-state index is 4.37. The Hall–Kier alpha value is -2.75. The number of nitrogens with one attached hydrogen (secondary N) is 1. The Morgan fingerprint density at radius 2 is 1.95 bits per heavy atom. The summed E-state index contributed by atoms with van der Waals surface area (Å²) in [6, 6.07) is 15.7. The number of nitrogens with zero attached hydrogens (tertiary/aromatic N) is 3. The minimum atomic E-state index is 0.830. The predicted octanol–water partition coefficient (Wildman–Crippen LogP) is 3.38. The lowest BCUT2D eigenvalue weighted by Gasteiger charge is -2.04. The number of anilines is 1. The molecule has 0 aliphatic heterocycles. The van der Waals surface area contributed by atoms with Crippen LogP contribution in [0.15, 0.2) is 59.8 Å². The first-order chi connectivity index (χ1) is 9.83. The van der Waals surface area contributed by atoms with Crippen molar-refractivity contribution in [3.05, 3.63) is 66.1 Å². The van der Waals surface area contributed by atoms with E-state index in [1.54, 1.807) is 12.4 Å². The highest BCUT2D eigenvalue weighted by atomic mass is 15.3. The highest BCUT2D eigenvalue weighted by Gasteiger charge is 1.99. The van der Waals surface area contributed by atoms with Crippen molar-refractivity contribution in [2.45, 2.75) is 6.92 Å². The van der Waals surface area contributed by atoms with E-state index >= 15 is 0 Å². The molecule has 0 bridgehead atoms. The molecule has 0 aliphatic rings. The average molecular weight is 262 g/mol. The molecule has 0 saturated heterocycles. The Labute approximate surface area is 117 Å². The Morgan fingerprint density at radius 1 is 1.05 bits per heavy atom. The van der Waals surface area contributed by atoms with Gasteiger partial charge in [0.05, 0.1) is 23.1 Å². The molecule has 20 heavy (non-hydrogen) atoms. The molecule has 0 amide bonds. The van der Waals surface area contributed by atoms with Crippen LogP contribution in [0.3, 0.4) is 0 Å². The van der Waals surface area contributed by atoms with E-state index in [4.69, 9.17) is 0 Å². The zero-order valence-electron chi connectivity index (χ0n) is 11.1. The summed E-state index contributed by atoms with van der Waals surface area (Å²) in [7, 11) is 0. The molecule has 0 spiro atoms. The molecule has 2 aromatic heterocycles. The quantitative estimate of drug-likeness (QED) is 0.581. The number of benzene rings is 1. The van der Waals surface area contributed by atoms with Gasteiger partial charge < -0.3 is 0 Å². The summed E-state index contributed by atoms with van der Waals surface area (Å²) < 4.78 is 0. The summed E-state index contributed by atoms with van der Waals surface area (Å²) in [4.78, 5) is 8.68. The standard InChI is InChI=1S/C16H14N4/c1-12-5-4-6-13(19-12)11-18-20-16-9-10-17-15-8-3-2-7-14(15)16/h2-11H,1H3,(H,17,20). The second-order valence-corrected chi connectivity index (χ2v) is 4.45. The number of para-hydroxylation sites is 1. The van der Waals surface area contributed by atoms with E-state index in [1.807, 2.05) is 55.5 Å². The van der Waals surface area contributed by atoms with Crippen LogP contribution in [0.25, 0.3) is 10.9 Å². The predicted molar refractivity (Wildman–Crippen MR) is 81.9 cm³/mol. The van der Waals surface area contributed by atoms with Crippen LogP contribution < -0.4 is 5.43 Å².